The molecule has 0 fully saturated rings. The molecule has 0 bridgehead atoms. The van der Waals surface area contributed by atoms with Gasteiger partial charge in [-0.1, -0.05) is 69.8 Å². The number of halogens is 1. The lowest BCUT2D eigenvalue weighted by Gasteiger charge is -2.11. The van der Waals surface area contributed by atoms with Crippen molar-refractivity contribution in [3.05, 3.63) is 107 Å². The fraction of sp³-hybridized carbons (Fsp3) is 0.0968. The zero-order chi connectivity index (χ0) is 28.9. The molecule has 2 aromatic heterocycles. The van der Waals surface area contributed by atoms with Crippen molar-refractivity contribution in [3.8, 4) is 22.8 Å². The number of ether oxygens (including phenoxy) is 1. The first kappa shape index (κ1) is 28.5. The second-order valence-corrected chi connectivity index (χ2v) is 13.2. The minimum Gasteiger partial charge on any atom is -0.497 e. The van der Waals surface area contributed by atoms with E-state index in [0.717, 1.165) is 47.5 Å². The fourth-order valence-electron chi connectivity index (χ4n) is 4.20. The maximum atomic E-state index is 13.0. The molecule has 7 nitrogen and oxygen atoms in total. The Morgan fingerprint density at radius 1 is 0.952 bits per heavy atom. The number of thiazole rings is 1. The number of nitrogens with one attached hydrogen (secondary N) is 1. The summed E-state index contributed by atoms with van der Waals surface area (Å²) in [5.74, 6) is 2.37. The average molecular weight is 675 g/mol. The van der Waals surface area contributed by atoms with Gasteiger partial charge in [-0.3, -0.25) is 9.36 Å². The SMILES string of the molecule is COc1ccc(-c2nnc(SCC(=O)Nc3ccc4nc(SCc5ccc(Br)cc5)sc4c3)n2-c2ccccc2)cc1. The van der Waals surface area contributed by atoms with Gasteiger partial charge in [0, 0.05) is 27.2 Å². The Hall–Kier alpha value is -3.64. The van der Waals surface area contributed by atoms with Crippen LogP contribution in [-0.2, 0) is 10.5 Å². The summed E-state index contributed by atoms with van der Waals surface area (Å²) >= 11 is 8.16. The van der Waals surface area contributed by atoms with E-state index in [1.807, 2.05) is 89.5 Å². The van der Waals surface area contributed by atoms with E-state index in [-0.39, 0.29) is 11.7 Å². The van der Waals surface area contributed by atoms with Gasteiger partial charge >= 0.3 is 0 Å². The average Bonchev–Trinajstić information content (AvgIpc) is 3.64. The summed E-state index contributed by atoms with van der Waals surface area (Å²) in [6.45, 7) is 0. The van der Waals surface area contributed by atoms with Gasteiger partial charge in [0.15, 0.2) is 15.3 Å². The minimum atomic E-state index is -0.123. The van der Waals surface area contributed by atoms with Gasteiger partial charge in [0.1, 0.15) is 5.75 Å². The van der Waals surface area contributed by atoms with Crippen LogP contribution in [0.4, 0.5) is 5.69 Å². The molecule has 4 aromatic carbocycles. The van der Waals surface area contributed by atoms with Crippen molar-refractivity contribution in [3.63, 3.8) is 0 Å². The Morgan fingerprint density at radius 3 is 2.50 bits per heavy atom. The second kappa shape index (κ2) is 13.1. The molecule has 11 heteroatoms. The van der Waals surface area contributed by atoms with Crippen LogP contribution in [-0.4, -0.2) is 38.5 Å². The second-order valence-electron chi connectivity index (χ2n) is 9.12. The highest BCUT2D eigenvalue weighted by Crippen LogP contribution is 2.34. The normalized spacial score (nSPS) is 11.1. The number of fused-ring (bicyclic) bond motifs is 1. The molecule has 0 aliphatic carbocycles. The summed E-state index contributed by atoms with van der Waals surface area (Å²) in [6, 6.07) is 31.7. The molecule has 6 rings (SSSR count). The molecule has 1 N–H and O–H groups in total. The van der Waals surface area contributed by atoms with E-state index in [9.17, 15) is 4.79 Å². The lowest BCUT2D eigenvalue weighted by molar-refractivity contribution is -0.113. The first-order valence-corrected chi connectivity index (χ1v) is 16.5. The molecule has 0 atom stereocenters. The molecule has 0 radical (unpaired) electrons. The van der Waals surface area contributed by atoms with Gasteiger partial charge in [-0.15, -0.1) is 21.5 Å². The van der Waals surface area contributed by atoms with Crippen LogP contribution >= 0.6 is 50.8 Å². The Morgan fingerprint density at radius 2 is 1.74 bits per heavy atom. The van der Waals surface area contributed by atoms with Crippen molar-refractivity contribution < 1.29 is 9.53 Å². The minimum absolute atomic E-state index is 0.123. The summed E-state index contributed by atoms with van der Waals surface area (Å²) in [7, 11) is 1.64. The zero-order valence-electron chi connectivity index (χ0n) is 22.4. The Bertz CT molecular complexity index is 1820. The number of benzene rings is 4. The number of para-hydroxylation sites is 1. The number of rotatable bonds is 10. The van der Waals surface area contributed by atoms with Crippen molar-refractivity contribution in [2.24, 2.45) is 0 Å². The summed E-state index contributed by atoms with van der Waals surface area (Å²) in [5.41, 5.74) is 4.72. The quantitative estimate of drug-likeness (QED) is 0.146. The third-order valence-electron chi connectivity index (χ3n) is 6.26. The molecule has 0 aliphatic rings. The van der Waals surface area contributed by atoms with Gasteiger partial charge in [-0.2, -0.15) is 0 Å². The number of anilines is 1. The molecule has 0 saturated heterocycles. The maximum absolute atomic E-state index is 13.0. The van der Waals surface area contributed by atoms with E-state index in [2.05, 4.69) is 43.6 Å². The van der Waals surface area contributed by atoms with Crippen LogP contribution in [0.25, 0.3) is 27.3 Å². The Kier molecular flexibility index (Phi) is 8.90. The van der Waals surface area contributed by atoms with Crippen molar-refractivity contribution in [1.82, 2.24) is 19.7 Å². The highest BCUT2D eigenvalue weighted by atomic mass is 79.9. The monoisotopic (exact) mass is 673 g/mol. The number of methoxy groups -OCH3 is 1. The topological polar surface area (TPSA) is 81.9 Å². The first-order valence-electron chi connectivity index (χ1n) is 12.9. The number of thioether (sulfide) groups is 2. The molecule has 6 aromatic rings. The van der Waals surface area contributed by atoms with Crippen LogP contribution in [0.2, 0.25) is 0 Å². The van der Waals surface area contributed by atoms with E-state index in [1.165, 1.54) is 17.3 Å². The van der Waals surface area contributed by atoms with Crippen molar-refractivity contribution in [2.45, 2.75) is 15.2 Å². The first-order chi connectivity index (χ1) is 20.6. The number of hydrogen-bond donors (Lipinski definition) is 1. The molecule has 1 amide bonds. The lowest BCUT2D eigenvalue weighted by atomic mass is 10.2. The molecule has 0 spiro atoms. The van der Waals surface area contributed by atoms with E-state index >= 15 is 0 Å². The number of amides is 1. The summed E-state index contributed by atoms with van der Waals surface area (Å²) in [4.78, 5) is 17.7. The zero-order valence-corrected chi connectivity index (χ0v) is 26.4. The van der Waals surface area contributed by atoms with Crippen molar-refractivity contribution in [2.75, 3.05) is 18.2 Å². The smallest absolute Gasteiger partial charge is 0.234 e. The van der Waals surface area contributed by atoms with E-state index < -0.39 is 0 Å². The van der Waals surface area contributed by atoms with Gasteiger partial charge in [0.25, 0.3) is 0 Å². The number of hydrogen-bond acceptors (Lipinski definition) is 8. The number of aromatic nitrogens is 4. The van der Waals surface area contributed by atoms with E-state index in [4.69, 9.17) is 9.72 Å². The molecular weight excluding hydrogens is 650 g/mol. The van der Waals surface area contributed by atoms with Gasteiger partial charge < -0.3 is 10.1 Å². The third-order valence-corrected chi connectivity index (χ3v) is 9.95. The van der Waals surface area contributed by atoms with Crippen LogP contribution in [0.1, 0.15) is 5.56 Å². The molecule has 42 heavy (non-hydrogen) atoms. The Balaban J connectivity index is 1.13. The van der Waals surface area contributed by atoms with Crippen LogP contribution in [0.5, 0.6) is 5.75 Å². The molecule has 0 aliphatic heterocycles. The van der Waals surface area contributed by atoms with Crippen molar-refractivity contribution >= 4 is 72.6 Å². The molecule has 2 heterocycles. The van der Waals surface area contributed by atoms with Gasteiger partial charge in [-0.05, 0) is 72.3 Å². The third kappa shape index (κ3) is 6.70. The van der Waals surface area contributed by atoms with Gasteiger partial charge in [0.05, 0.1) is 23.1 Å². The lowest BCUT2D eigenvalue weighted by Crippen LogP contribution is -2.14. The van der Waals surface area contributed by atoms with Crippen LogP contribution in [0.3, 0.4) is 0 Å². The molecular formula is C31H24BrN5O2S3. The van der Waals surface area contributed by atoms with Crippen LogP contribution < -0.4 is 10.1 Å². The highest BCUT2D eigenvalue weighted by molar-refractivity contribution is 9.10. The maximum Gasteiger partial charge on any atom is 0.234 e. The fourth-order valence-corrected chi connectivity index (χ4v) is 7.28. The number of carbonyl (C=O) groups excluding carboxylic acids is 1. The number of carbonyl (C=O) groups is 1. The highest BCUT2D eigenvalue weighted by Gasteiger charge is 2.18. The van der Waals surface area contributed by atoms with Crippen LogP contribution in [0, 0.1) is 0 Å². The predicted octanol–water partition coefficient (Wildman–Crippen LogP) is 8.34. The number of nitrogens with zero attached hydrogens (tertiary/aromatic N) is 4. The molecule has 0 unspecified atom stereocenters. The predicted molar refractivity (Wildman–Crippen MR) is 176 cm³/mol. The molecule has 210 valence electrons. The standard InChI is InChI=1S/C31H24BrN5O2S3/c1-39-25-14-9-21(10-15-25)29-35-36-30(37(29)24-5-3-2-4-6-24)40-19-28(38)33-23-13-16-26-27(17-23)42-31(34-26)41-18-20-7-11-22(32)12-8-20/h2-17H,18-19H2,1H3,(H,33,38). The Labute approximate surface area is 263 Å². The van der Waals surface area contributed by atoms with Gasteiger partial charge in [0.2, 0.25) is 5.91 Å². The summed E-state index contributed by atoms with van der Waals surface area (Å²) < 4.78 is 10.4. The van der Waals surface area contributed by atoms with Crippen LogP contribution in [0.15, 0.2) is 111 Å². The van der Waals surface area contributed by atoms with E-state index in [0.29, 0.717) is 11.0 Å². The summed E-state index contributed by atoms with van der Waals surface area (Å²) in [5, 5.41) is 12.6. The van der Waals surface area contributed by atoms with E-state index in [1.54, 1.807) is 30.2 Å². The van der Waals surface area contributed by atoms with Crippen molar-refractivity contribution in [1.29, 1.82) is 0 Å². The largest absolute Gasteiger partial charge is 0.497 e. The van der Waals surface area contributed by atoms with Gasteiger partial charge in [-0.25, -0.2) is 4.98 Å². The summed E-state index contributed by atoms with van der Waals surface area (Å²) in [6.07, 6.45) is 0. The molecule has 0 saturated carbocycles.